The van der Waals surface area contributed by atoms with Gasteiger partial charge in [0.1, 0.15) is 12.4 Å². The lowest BCUT2D eigenvalue weighted by Gasteiger charge is -2.18. The van der Waals surface area contributed by atoms with Crippen molar-refractivity contribution in [3.8, 4) is 5.75 Å². The first kappa shape index (κ1) is 9.21. The fourth-order valence-corrected chi connectivity index (χ4v) is 1.61. The summed E-state index contributed by atoms with van der Waals surface area (Å²) >= 11 is 0. The molecule has 74 valence electrons. The quantitative estimate of drug-likeness (QED) is 0.716. The van der Waals surface area contributed by atoms with E-state index in [1.54, 1.807) is 0 Å². The topological polar surface area (TPSA) is 35.5 Å². The summed E-state index contributed by atoms with van der Waals surface area (Å²) in [4.78, 5) is 11.6. The van der Waals surface area contributed by atoms with Crippen LogP contribution in [0, 0.1) is 0 Å². The minimum atomic E-state index is 0.00954. The van der Waals surface area contributed by atoms with Crippen molar-refractivity contribution in [1.82, 2.24) is 0 Å². The number of rotatable bonds is 2. The lowest BCUT2D eigenvalue weighted by molar-refractivity contribution is 0.0659. The summed E-state index contributed by atoms with van der Waals surface area (Å²) < 4.78 is 10.5. The second-order valence-electron chi connectivity index (χ2n) is 3.14. The van der Waals surface area contributed by atoms with E-state index in [0.717, 1.165) is 5.56 Å². The fourth-order valence-electron chi connectivity index (χ4n) is 1.61. The van der Waals surface area contributed by atoms with Crippen molar-refractivity contribution in [3.05, 3.63) is 29.3 Å². The van der Waals surface area contributed by atoms with Gasteiger partial charge in [-0.2, -0.15) is 0 Å². The normalized spacial score (nSPS) is 15.1. The Morgan fingerprint density at radius 3 is 3.07 bits per heavy atom. The van der Waals surface area contributed by atoms with Crippen LogP contribution >= 0.6 is 0 Å². The Hall–Kier alpha value is -1.35. The number of hydrogen-bond acceptors (Lipinski definition) is 3. The molecule has 0 aromatic heterocycles. The number of carbonyl (C=O) groups excluding carboxylic acids is 1. The third-order valence-electron chi connectivity index (χ3n) is 2.18. The summed E-state index contributed by atoms with van der Waals surface area (Å²) in [6, 6.07) is 5.60. The van der Waals surface area contributed by atoms with Gasteiger partial charge in [0, 0.05) is 0 Å². The van der Waals surface area contributed by atoms with E-state index >= 15 is 0 Å². The Balaban J connectivity index is 2.46. The fraction of sp³-hybridized carbons (Fsp3) is 0.364. The predicted octanol–water partition coefficient (Wildman–Crippen LogP) is 1.80. The smallest absolute Gasteiger partial charge is 0.192 e. The summed E-state index contributed by atoms with van der Waals surface area (Å²) in [7, 11) is 0. The molecule has 0 bridgehead atoms. The molecule has 0 fully saturated rings. The van der Waals surface area contributed by atoms with Gasteiger partial charge in [-0.25, -0.2) is 0 Å². The first-order valence-electron chi connectivity index (χ1n) is 4.68. The van der Waals surface area contributed by atoms with Crippen LogP contribution < -0.4 is 4.74 Å². The standard InChI is InChI=1S/C11H12O3/c1-2-14-10-5-3-4-8-6-13-7-9(12)11(8)10/h3-5H,2,6-7H2,1H3. The molecule has 14 heavy (non-hydrogen) atoms. The highest BCUT2D eigenvalue weighted by molar-refractivity contribution is 6.01. The van der Waals surface area contributed by atoms with Crippen molar-refractivity contribution < 1.29 is 14.3 Å². The number of Topliss-reactive ketones (excluding diaryl/α,β-unsaturated/α-hetero) is 1. The van der Waals surface area contributed by atoms with Gasteiger partial charge < -0.3 is 9.47 Å². The van der Waals surface area contributed by atoms with E-state index in [4.69, 9.17) is 9.47 Å². The van der Waals surface area contributed by atoms with Crippen LogP contribution in [-0.4, -0.2) is 19.0 Å². The number of carbonyl (C=O) groups is 1. The van der Waals surface area contributed by atoms with Gasteiger partial charge in [0.05, 0.1) is 18.8 Å². The number of fused-ring (bicyclic) bond motifs is 1. The molecular formula is C11H12O3. The molecule has 1 heterocycles. The average molecular weight is 192 g/mol. The second-order valence-corrected chi connectivity index (χ2v) is 3.14. The van der Waals surface area contributed by atoms with Crippen LogP contribution in [0.15, 0.2) is 18.2 Å². The molecular weight excluding hydrogens is 180 g/mol. The van der Waals surface area contributed by atoms with Crippen LogP contribution in [0.4, 0.5) is 0 Å². The van der Waals surface area contributed by atoms with Crippen molar-refractivity contribution in [1.29, 1.82) is 0 Å². The van der Waals surface area contributed by atoms with Crippen molar-refractivity contribution in [3.63, 3.8) is 0 Å². The molecule has 3 heteroatoms. The lowest BCUT2D eigenvalue weighted by atomic mass is 10.0. The van der Waals surface area contributed by atoms with E-state index < -0.39 is 0 Å². The Kier molecular flexibility index (Phi) is 2.50. The molecule has 0 radical (unpaired) electrons. The van der Waals surface area contributed by atoms with Gasteiger partial charge >= 0.3 is 0 Å². The van der Waals surface area contributed by atoms with E-state index in [1.165, 1.54) is 0 Å². The van der Waals surface area contributed by atoms with Gasteiger partial charge in [-0.1, -0.05) is 12.1 Å². The molecule has 0 amide bonds. The summed E-state index contributed by atoms with van der Waals surface area (Å²) in [5, 5.41) is 0. The van der Waals surface area contributed by atoms with Crippen molar-refractivity contribution >= 4 is 5.78 Å². The third-order valence-corrected chi connectivity index (χ3v) is 2.18. The van der Waals surface area contributed by atoms with Gasteiger partial charge in [-0.15, -0.1) is 0 Å². The van der Waals surface area contributed by atoms with E-state index in [9.17, 15) is 4.79 Å². The highest BCUT2D eigenvalue weighted by atomic mass is 16.5. The van der Waals surface area contributed by atoms with Gasteiger partial charge in [-0.05, 0) is 18.6 Å². The van der Waals surface area contributed by atoms with E-state index in [-0.39, 0.29) is 12.4 Å². The molecule has 0 unspecified atom stereocenters. The van der Waals surface area contributed by atoms with Crippen molar-refractivity contribution in [2.45, 2.75) is 13.5 Å². The molecule has 2 rings (SSSR count). The number of ketones is 1. The highest BCUT2D eigenvalue weighted by Crippen LogP contribution is 2.26. The average Bonchev–Trinajstić information content (AvgIpc) is 2.19. The van der Waals surface area contributed by atoms with Crippen LogP contribution in [0.1, 0.15) is 22.8 Å². The molecule has 0 N–H and O–H groups in total. The molecule has 1 aromatic rings. The highest BCUT2D eigenvalue weighted by Gasteiger charge is 2.21. The zero-order chi connectivity index (χ0) is 9.97. The Bertz CT molecular complexity index is 358. The van der Waals surface area contributed by atoms with Crippen LogP contribution in [0.3, 0.4) is 0 Å². The maximum atomic E-state index is 11.6. The first-order chi connectivity index (χ1) is 6.83. The molecule has 3 nitrogen and oxygen atoms in total. The minimum absolute atomic E-state index is 0.00954. The number of hydrogen-bond donors (Lipinski definition) is 0. The number of benzene rings is 1. The summed E-state index contributed by atoms with van der Waals surface area (Å²) in [6.45, 7) is 3.15. The predicted molar refractivity (Wildman–Crippen MR) is 51.6 cm³/mol. The molecule has 0 saturated carbocycles. The molecule has 0 atom stereocenters. The molecule has 1 aliphatic rings. The van der Waals surface area contributed by atoms with Crippen LogP contribution in [0.5, 0.6) is 5.75 Å². The molecule has 1 aromatic carbocycles. The first-order valence-corrected chi connectivity index (χ1v) is 4.68. The lowest BCUT2D eigenvalue weighted by Crippen LogP contribution is -2.19. The zero-order valence-electron chi connectivity index (χ0n) is 8.08. The Labute approximate surface area is 82.6 Å². The van der Waals surface area contributed by atoms with E-state index in [1.807, 2.05) is 25.1 Å². The van der Waals surface area contributed by atoms with Gasteiger partial charge in [0.15, 0.2) is 5.78 Å². The van der Waals surface area contributed by atoms with Crippen molar-refractivity contribution in [2.75, 3.05) is 13.2 Å². The molecule has 0 spiro atoms. The molecule has 0 aliphatic carbocycles. The summed E-state index contributed by atoms with van der Waals surface area (Å²) in [5.74, 6) is 0.689. The Morgan fingerprint density at radius 2 is 2.29 bits per heavy atom. The third kappa shape index (κ3) is 1.51. The monoisotopic (exact) mass is 192 g/mol. The molecule has 0 saturated heterocycles. The number of ether oxygens (including phenoxy) is 2. The van der Waals surface area contributed by atoms with Crippen LogP contribution in [0.2, 0.25) is 0 Å². The zero-order valence-corrected chi connectivity index (χ0v) is 8.08. The van der Waals surface area contributed by atoms with Gasteiger partial charge in [-0.3, -0.25) is 4.79 Å². The second kappa shape index (κ2) is 3.80. The molecule has 1 aliphatic heterocycles. The van der Waals surface area contributed by atoms with Crippen molar-refractivity contribution in [2.24, 2.45) is 0 Å². The largest absolute Gasteiger partial charge is 0.493 e. The van der Waals surface area contributed by atoms with E-state index in [2.05, 4.69) is 0 Å². The van der Waals surface area contributed by atoms with Crippen LogP contribution in [-0.2, 0) is 11.3 Å². The van der Waals surface area contributed by atoms with Crippen LogP contribution in [0.25, 0.3) is 0 Å². The summed E-state index contributed by atoms with van der Waals surface area (Å²) in [6.07, 6.45) is 0. The van der Waals surface area contributed by atoms with E-state index in [0.29, 0.717) is 24.5 Å². The Morgan fingerprint density at radius 1 is 1.43 bits per heavy atom. The summed E-state index contributed by atoms with van der Waals surface area (Å²) in [5.41, 5.74) is 1.62. The van der Waals surface area contributed by atoms with Gasteiger partial charge in [0.25, 0.3) is 0 Å². The maximum Gasteiger partial charge on any atom is 0.192 e. The van der Waals surface area contributed by atoms with Gasteiger partial charge in [0.2, 0.25) is 0 Å². The maximum absolute atomic E-state index is 11.6. The minimum Gasteiger partial charge on any atom is -0.493 e. The SMILES string of the molecule is CCOc1cccc2c1C(=O)COC2.